The molecule has 2 aliphatic heterocycles. The summed E-state index contributed by atoms with van der Waals surface area (Å²) in [6.07, 6.45) is 6.79. The fraction of sp³-hybridized carbons (Fsp3) is 0.375. The molecule has 0 atom stereocenters. The maximum atomic E-state index is 12.1. The zero-order valence-corrected chi connectivity index (χ0v) is 13.1. The Balaban J connectivity index is 1.88. The lowest BCUT2D eigenvalue weighted by atomic mass is 10.2. The Morgan fingerprint density at radius 3 is 2.83 bits per heavy atom. The van der Waals surface area contributed by atoms with E-state index in [-0.39, 0.29) is 29.8 Å². The fourth-order valence-corrected chi connectivity index (χ4v) is 2.80. The molecule has 0 radical (unpaired) electrons. The van der Waals surface area contributed by atoms with E-state index < -0.39 is 6.09 Å². The molecule has 7 heteroatoms. The number of fused-ring (bicyclic) bond motifs is 1. The van der Waals surface area contributed by atoms with Crippen molar-refractivity contribution in [2.75, 3.05) is 31.1 Å². The molecule has 0 spiro atoms. The molecule has 0 aliphatic carbocycles. The fourth-order valence-electron chi connectivity index (χ4n) is 2.60. The highest BCUT2D eigenvalue weighted by molar-refractivity contribution is 6.32. The van der Waals surface area contributed by atoms with Gasteiger partial charge in [0.05, 0.1) is 17.3 Å². The number of ether oxygens (including phenoxy) is 2. The molecule has 0 unspecified atom stereocenters. The van der Waals surface area contributed by atoms with Gasteiger partial charge >= 0.3 is 6.09 Å². The quantitative estimate of drug-likeness (QED) is 0.779. The van der Waals surface area contributed by atoms with E-state index in [0.29, 0.717) is 24.5 Å². The van der Waals surface area contributed by atoms with E-state index in [0.717, 1.165) is 12.8 Å². The van der Waals surface area contributed by atoms with Gasteiger partial charge in [-0.25, -0.2) is 4.79 Å². The number of carbonyl (C=O) groups is 2. The predicted octanol–water partition coefficient (Wildman–Crippen LogP) is 2.29. The molecular weight excluding hydrogens is 320 g/mol. The first-order chi connectivity index (χ1) is 11.1. The maximum absolute atomic E-state index is 12.1. The van der Waals surface area contributed by atoms with Gasteiger partial charge in [-0.15, -0.1) is 6.42 Å². The second-order valence-electron chi connectivity index (χ2n) is 5.29. The van der Waals surface area contributed by atoms with Crippen LogP contribution in [0.3, 0.4) is 0 Å². The minimum atomic E-state index is -0.448. The van der Waals surface area contributed by atoms with Crippen LogP contribution in [0.5, 0.6) is 11.5 Å². The number of benzene rings is 1. The van der Waals surface area contributed by atoms with E-state index in [1.807, 2.05) is 0 Å². The molecule has 1 aromatic rings. The monoisotopic (exact) mass is 334 g/mol. The molecule has 1 fully saturated rings. The Kier molecular flexibility index (Phi) is 4.30. The summed E-state index contributed by atoms with van der Waals surface area (Å²) in [5.41, 5.74) is 0.452. The van der Waals surface area contributed by atoms with Crippen molar-refractivity contribution >= 4 is 29.3 Å². The number of hydrogen-bond donors (Lipinski definition) is 0. The van der Waals surface area contributed by atoms with Gasteiger partial charge in [-0.3, -0.25) is 9.69 Å². The van der Waals surface area contributed by atoms with Crippen LogP contribution in [0.1, 0.15) is 12.8 Å². The molecule has 23 heavy (non-hydrogen) atoms. The zero-order valence-electron chi connectivity index (χ0n) is 12.4. The lowest BCUT2D eigenvalue weighted by Gasteiger charge is -2.28. The average Bonchev–Trinajstić information content (AvgIpc) is 3.06. The van der Waals surface area contributed by atoms with Gasteiger partial charge in [-0.1, -0.05) is 17.5 Å². The van der Waals surface area contributed by atoms with Gasteiger partial charge in [-0.2, -0.15) is 0 Å². The minimum Gasteiger partial charge on any atom is -0.482 e. The summed E-state index contributed by atoms with van der Waals surface area (Å²) in [5, 5.41) is 0.242. The number of hydrogen-bond acceptors (Lipinski definition) is 4. The molecule has 2 heterocycles. The Morgan fingerprint density at radius 1 is 1.39 bits per heavy atom. The highest BCUT2D eigenvalue weighted by atomic mass is 35.5. The third-order valence-corrected chi connectivity index (χ3v) is 4.06. The topological polar surface area (TPSA) is 59.1 Å². The number of amides is 2. The molecule has 6 nitrogen and oxygen atoms in total. The van der Waals surface area contributed by atoms with Crippen LogP contribution in [-0.4, -0.2) is 43.1 Å². The molecular formula is C16H15ClN2O4. The molecule has 0 aromatic heterocycles. The van der Waals surface area contributed by atoms with Crippen LogP contribution in [0.15, 0.2) is 12.1 Å². The summed E-state index contributed by atoms with van der Waals surface area (Å²) in [4.78, 5) is 27.1. The highest BCUT2D eigenvalue weighted by Crippen LogP contribution is 2.40. The Morgan fingerprint density at radius 2 is 2.13 bits per heavy atom. The van der Waals surface area contributed by atoms with E-state index in [9.17, 15) is 9.59 Å². The molecule has 1 aromatic carbocycles. The molecule has 120 valence electrons. The van der Waals surface area contributed by atoms with Gasteiger partial charge in [-0.05, 0) is 12.8 Å². The molecule has 2 aliphatic rings. The number of carbonyl (C=O) groups excluding carboxylic acids is 2. The van der Waals surface area contributed by atoms with E-state index in [1.54, 1.807) is 4.90 Å². The van der Waals surface area contributed by atoms with Crippen molar-refractivity contribution in [2.24, 2.45) is 0 Å². The predicted molar refractivity (Wildman–Crippen MR) is 85.0 cm³/mol. The van der Waals surface area contributed by atoms with Crippen molar-refractivity contribution in [3.63, 3.8) is 0 Å². The van der Waals surface area contributed by atoms with Crippen LogP contribution in [0.4, 0.5) is 10.5 Å². The van der Waals surface area contributed by atoms with Gasteiger partial charge in [0, 0.05) is 25.2 Å². The van der Waals surface area contributed by atoms with Gasteiger partial charge < -0.3 is 14.4 Å². The van der Waals surface area contributed by atoms with Crippen molar-refractivity contribution in [3.8, 4) is 23.8 Å². The summed E-state index contributed by atoms with van der Waals surface area (Å²) in [5.74, 6) is 2.79. The molecule has 0 bridgehead atoms. The van der Waals surface area contributed by atoms with E-state index in [2.05, 4.69) is 5.92 Å². The summed E-state index contributed by atoms with van der Waals surface area (Å²) >= 11 is 6.15. The average molecular weight is 335 g/mol. The van der Waals surface area contributed by atoms with Gasteiger partial charge in [0.2, 0.25) is 0 Å². The Bertz CT molecular complexity index is 692. The van der Waals surface area contributed by atoms with Crippen molar-refractivity contribution in [2.45, 2.75) is 12.8 Å². The minimum absolute atomic E-state index is 0.0993. The first-order valence-electron chi connectivity index (χ1n) is 7.27. The summed E-state index contributed by atoms with van der Waals surface area (Å²) in [6.45, 7) is 1.35. The van der Waals surface area contributed by atoms with Gasteiger partial charge in [0.1, 0.15) is 5.75 Å². The smallest absolute Gasteiger partial charge is 0.415 e. The molecule has 1 saturated heterocycles. The third-order valence-electron chi connectivity index (χ3n) is 3.77. The Labute approximate surface area is 138 Å². The largest absolute Gasteiger partial charge is 0.482 e. The second-order valence-corrected chi connectivity index (χ2v) is 5.69. The molecule has 2 amide bonds. The second kappa shape index (κ2) is 6.39. The summed E-state index contributed by atoms with van der Waals surface area (Å²) in [6, 6.07) is 3.04. The lowest BCUT2D eigenvalue weighted by Crippen LogP contribution is -2.39. The number of nitrogens with zero attached hydrogens (tertiary/aromatic N) is 2. The van der Waals surface area contributed by atoms with Crippen LogP contribution >= 0.6 is 11.6 Å². The van der Waals surface area contributed by atoms with E-state index in [4.69, 9.17) is 27.5 Å². The van der Waals surface area contributed by atoms with Gasteiger partial charge in [0.25, 0.3) is 5.91 Å². The zero-order chi connectivity index (χ0) is 16.4. The van der Waals surface area contributed by atoms with E-state index >= 15 is 0 Å². The van der Waals surface area contributed by atoms with E-state index in [1.165, 1.54) is 17.0 Å². The lowest BCUT2D eigenvalue weighted by molar-refractivity contribution is -0.121. The first kappa shape index (κ1) is 15.5. The third kappa shape index (κ3) is 3.06. The van der Waals surface area contributed by atoms with Gasteiger partial charge in [0.15, 0.2) is 12.4 Å². The van der Waals surface area contributed by atoms with Crippen LogP contribution in [0, 0.1) is 12.3 Å². The number of terminal acetylenes is 1. The maximum Gasteiger partial charge on any atom is 0.415 e. The highest BCUT2D eigenvalue weighted by Gasteiger charge is 2.28. The number of rotatable bonds is 2. The summed E-state index contributed by atoms with van der Waals surface area (Å²) in [7, 11) is 0. The van der Waals surface area contributed by atoms with Crippen LogP contribution in [0.25, 0.3) is 0 Å². The molecule has 0 N–H and O–H groups in total. The van der Waals surface area contributed by atoms with Crippen LogP contribution < -0.4 is 14.4 Å². The Hall–Kier alpha value is -2.39. The summed E-state index contributed by atoms with van der Waals surface area (Å²) < 4.78 is 10.7. The molecule has 0 saturated carbocycles. The van der Waals surface area contributed by atoms with Crippen molar-refractivity contribution in [3.05, 3.63) is 17.2 Å². The normalized spacial score (nSPS) is 16.6. The van der Waals surface area contributed by atoms with Crippen LogP contribution in [-0.2, 0) is 4.79 Å². The van der Waals surface area contributed by atoms with Crippen molar-refractivity contribution < 1.29 is 19.1 Å². The first-order valence-corrected chi connectivity index (χ1v) is 7.65. The van der Waals surface area contributed by atoms with Crippen molar-refractivity contribution in [1.82, 2.24) is 4.90 Å². The van der Waals surface area contributed by atoms with Crippen molar-refractivity contribution in [1.29, 1.82) is 0 Å². The number of likely N-dealkylation sites (tertiary alicyclic amines) is 1. The molecule has 3 rings (SSSR count). The van der Waals surface area contributed by atoms with Crippen LogP contribution in [0.2, 0.25) is 5.02 Å². The standard InChI is InChI=1S/C16H15ClN2O4/c1-2-5-19-12-9-13(23-16(21)18-6-3-4-7-18)11(17)8-14(12)22-10-15(19)20/h1,8-9H,3-7,10H2. The number of halogens is 1. The SMILES string of the molecule is C#CCN1C(=O)COc2cc(Cl)c(OC(=O)N3CCCC3)cc21. The number of anilines is 1.